The molecule has 3 N–H and O–H groups in total. The minimum absolute atomic E-state index is 0.0490. The first kappa shape index (κ1) is 13.6. The van der Waals surface area contributed by atoms with Gasteiger partial charge in [-0.2, -0.15) is 0 Å². The standard InChI is InChI=1S/C14H19BrN2O/c1-14(9-16,11-5-6-11)17-13(18)8-10-3-2-4-12(15)7-10/h2-4,7,11H,5-6,8-9,16H2,1H3,(H,17,18). The van der Waals surface area contributed by atoms with E-state index >= 15 is 0 Å². The van der Waals surface area contributed by atoms with Crippen molar-refractivity contribution in [2.75, 3.05) is 6.54 Å². The lowest BCUT2D eigenvalue weighted by atomic mass is 9.95. The van der Waals surface area contributed by atoms with Gasteiger partial charge in [-0.05, 0) is 43.4 Å². The molecule has 0 heterocycles. The Hall–Kier alpha value is -0.870. The summed E-state index contributed by atoms with van der Waals surface area (Å²) < 4.78 is 0.997. The molecule has 1 fully saturated rings. The average Bonchev–Trinajstić information content (AvgIpc) is 3.12. The number of hydrogen-bond donors (Lipinski definition) is 2. The van der Waals surface area contributed by atoms with Crippen molar-refractivity contribution in [2.45, 2.75) is 31.7 Å². The van der Waals surface area contributed by atoms with Crippen LogP contribution in [-0.4, -0.2) is 18.0 Å². The maximum atomic E-state index is 12.0. The van der Waals surface area contributed by atoms with E-state index in [1.165, 1.54) is 12.8 Å². The molecule has 1 saturated carbocycles. The Morgan fingerprint density at radius 2 is 2.28 bits per heavy atom. The minimum atomic E-state index is -0.233. The Morgan fingerprint density at radius 1 is 1.56 bits per heavy atom. The molecule has 1 amide bonds. The summed E-state index contributed by atoms with van der Waals surface area (Å²) in [5.41, 5.74) is 6.57. The van der Waals surface area contributed by atoms with Crippen LogP contribution in [0.15, 0.2) is 28.7 Å². The molecule has 1 aromatic rings. The van der Waals surface area contributed by atoms with Crippen molar-refractivity contribution in [3.8, 4) is 0 Å². The number of nitrogens with one attached hydrogen (secondary N) is 1. The molecule has 0 aliphatic heterocycles. The van der Waals surface area contributed by atoms with Crippen molar-refractivity contribution in [3.63, 3.8) is 0 Å². The largest absolute Gasteiger partial charge is 0.349 e. The molecule has 1 aliphatic carbocycles. The molecular weight excluding hydrogens is 292 g/mol. The van der Waals surface area contributed by atoms with Crippen molar-refractivity contribution < 1.29 is 4.79 Å². The molecule has 1 aliphatic rings. The predicted molar refractivity (Wildman–Crippen MR) is 76.2 cm³/mol. The lowest BCUT2D eigenvalue weighted by Crippen LogP contribution is -2.53. The summed E-state index contributed by atoms with van der Waals surface area (Å²) >= 11 is 3.41. The van der Waals surface area contributed by atoms with Crippen LogP contribution >= 0.6 is 15.9 Å². The Kier molecular flexibility index (Phi) is 4.07. The van der Waals surface area contributed by atoms with Gasteiger partial charge in [0.25, 0.3) is 0 Å². The Balaban J connectivity index is 1.96. The highest BCUT2D eigenvalue weighted by atomic mass is 79.9. The lowest BCUT2D eigenvalue weighted by Gasteiger charge is -2.29. The summed E-state index contributed by atoms with van der Waals surface area (Å²) in [5.74, 6) is 0.599. The number of carbonyl (C=O) groups excluding carboxylic acids is 1. The van der Waals surface area contributed by atoms with Crippen LogP contribution in [0.4, 0.5) is 0 Å². The fourth-order valence-electron chi connectivity index (χ4n) is 2.24. The van der Waals surface area contributed by atoms with Crippen LogP contribution in [0, 0.1) is 5.92 Å². The minimum Gasteiger partial charge on any atom is -0.349 e. The number of carbonyl (C=O) groups is 1. The molecule has 0 saturated heterocycles. The van der Waals surface area contributed by atoms with Crippen LogP contribution in [0.1, 0.15) is 25.3 Å². The van der Waals surface area contributed by atoms with Gasteiger partial charge in [0.15, 0.2) is 0 Å². The normalized spacial score (nSPS) is 18.2. The van der Waals surface area contributed by atoms with Gasteiger partial charge in [-0.3, -0.25) is 4.79 Å². The molecule has 1 unspecified atom stereocenters. The molecule has 4 heteroatoms. The molecule has 0 radical (unpaired) electrons. The molecule has 1 aromatic carbocycles. The van der Waals surface area contributed by atoms with Crippen molar-refractivity contribution >= 4 is 21.8 Å². The molecule has 2 rings (SSSR count). The van der Waals surface area contributed by atoms with Gasteiger partial charge in [0.1, 0.15) is 0 Å². The maximum absolute atomic E-state index is 12.0. The summed E-state index contributed by atoms with van der Waals surface area (Å²) in [6, 6.07) is 7.82. The highest BCUT2D eigenvalue weighted by molar-refractivity contribution is 9.10. The summed E-state index contributed by atoms with van der Waals surface area (Å²) in [5, 5.41) is 3.09. The van der Waals surface area contributed by atoms with Crippen LogP contribution in [0.5, 0.6) is 0 Å². The molecular formula is C14H19BrN2O. The number of nitrogens with two attached hydrogens (primary N) is 1. The quantitative estimate of drug-likeness (QED) is 0.876. The van der Waals surface area contributed by atoms with Gasteiger partial charge in [0, 0.05) is 11.0 Å². The maximum Gasteiger partial charge on any atom is 0.224 e. The predicted octanol–water partition coefficient (Wildman–Crippen LogP) is 2.24. The molecule has 3 nitrogen and oxygen atoms in total. The van der Waals surface area contributed by atoms with Crippen LogP contribution in [-0.2, 0) is 11.2 Å². The smallest absolute Gasteiger partial charge is 0.224 e. The second-order valence-corrected chi connectivity index (χ2v) is 6.17. The van der Waals surface area contributed by atoms with E-state index in [0.717, 1.165) is 10.0 Å². The van der Waals surface area contributed by atoms with Crippen LogP contribution < -0.4 is 11.1 Å². The summed E-state index contributed by atoms with van der Waals surface area (Å²) in [6.45, 7) is 2.55. The number of benzene rings is 1. The Bertz CT molecular complexity index is 445. The fourth-order valence-corrected chi connectivity index (χ4v) is 2.68. The topological polar surface area (TPSA) is 55.1 Å². The molecule has 98 valence electrons. The third kappa shape index (κ3) is 3.33. The van der Waals surface area contributed by atoms with Gasteiger partial charge in [0.05, 0.1) is 12.0 Å². The molecule has 18 heavy (non-hydrogen) atoms. The zero-order valence-corrected chi connectivity index (χ0v) is 12.2. The Morgan fingerprint density at radius 3 is 2.83 bits per heavy atom. The molecule has 0 spiro atoms. The summed E-state index contributed by atoms with van der Waals surface area (Å²) in [4.78, 5) is 12.0. The average molecular weight is 311 g/mol. The number of hydrogen-bond acceptors (Lipinski definition) is 2. The van der Waals surface area contributed by atoms with E-state index in [1.54, 1.807) is 0 Å². The Labute approximate surface area is 116 Å². The highest BCUT2D eigenvalue weighted by Gasteiger charge is 2.41. The van der Waals surface area contributed by atoms with Crippen LogP contribution in [0.2, 0.25) is 0 Å². The monoisotopic (exact) mass is 310 g/mol. The number of halogens is 1. The zero-order chi connectivity index (χ0) is 13.2. The molecule has 0 bridgehead atoms. The van der Waals surface area contributed by atoms with Crippen molar-refractivity contribution in [1.82, 2.24) is 5.32 Å². The van der Waals surface area contributed by atoms with Crippen molar-refractivity contribution in [1.29, 1.82) is 0 Å². The van der Waals surface area contributed by atoms with Gasteiger partial charge < -0.3 is 11.1 Å². The van der Waals surface area contributed by atoms with Crippen LogP contribution in [0.25, 0.3) is 0 Å². The van der Waals surface area contributed by atoms with Crippen molar-refractivity contribution in [3.05, 3.63) is 34.3 Å². The summed E-state index contributed by atoms with van der Waals surface area (Å²) in [7, 11) is 0. The van der Waals surface area contributed by atoms with Crippen LogP contribution in [0.3, 0.4) is 0 Å². The first-order valence-electron chi connectivity index (χ1n) is 6.29. The molecule has 0 aromatic heterocycles. The lowest BCUT2D eigenvalue weighted by molar-refractivity contribution is -0.122. The second kappa shape index (κ2) is 5.41. The van der Waals surface area contributed by atoms with E-state index in [1.807, 2.05) is 31.2 Å². The van der Waals surface area contributed by atoms with Gasteiger partial charge in [-0.25, -0.2) is 0 Å². The fraction of sp³-hybridized carbons (Fsp3) is 0.500. The molecule has 1 atom stereocenters. The van der Waals surface area contributed by atoms with Gasteiger partial charge >= 0.3 is 0 Å². The van der Waals surface area contributed by atoms with E-state index in [9.17, 15) is 4.79 Å². The van der Waals surface area contributed by atoms with E-state index in [-0.39, 0.29) is 11.4 Å². The number of rotatable bonds is 5. The summed E-state index contributed by atoms with van der Waals surface area (Å²) in [6.07, 6.45) is 2.75. The van der Waals surface area contributed by atoms with Gasteiger partial charge in [-0.15, -0.1) is 0 Å². The highest BCUT2D eigenvalue weighted by Crippen LogP contribution is 2.38. The second-order valence-electron chi connectivity index (χ2n) is 5.25. The van der Waals surface area contributed by atoms with E-state index in [4.69, 9.17) is 5.73 Å². The van der Waals surface area contributed by atoms with Gasteiger partial charge in [0.2, 0.25) is 5.91 Å². The SMILES string of the molecule is CC(CN)(NC(=O)Cc1cccc(Br)c1)C1CC1. The van der Waals surface area contributed by atoms with Crippen molar-refractivity contribution in [2.24, 2.45) is 11.7 Å². The third-order valence-electron chi connectivity index (χ3n) is 3.58. The van der Waals surface area contributed by atoms with Gasteiger partial charge in [-0.1, -0.05) is 28.1 Å². The first-order chi connectivity index (χ1) is 8.53. The van der Waals surface area contributed by atoms with E-state index < -0.39 is 0 Å². The van der Waals surface area contributed by atoms with E-state index in [0.29, 0.717) is 18.9 Å². The number of amides is 1. The first-order valence-corrected chi connectivity index (χ1v) is 7.08. The third-order valence-corrected chi connectivity index (χ3v) is 4.07. The zero-order valence-electron chi connectivity index (χ0n) is 10.6. The van der Waals surface area contributed by atoms with E-state index in [2.05, 4.69) is 21.2 Å².